The Balaban J connectivity index is 2.54. The molecule has 0 unspecified atom stereocenters. The van der Waals surface area contributed by atoms with Crippen LogP contribution in [0.4, 0.5) is 13.2 Å². The van der Waals surface area contributed by atoms with Gasteiger partial charge in [-0.25, -0.2) is 4.39 Å². The molecule has 0 saturated heterocycles. The maximum Gasteiger partial charge on any atom is 0.223 e. The average molecular weight is 209 g/mol. The van der Waals surface area contributed by atoms with Crippen LogP contribution in [0.1, 0.15) is 0 Å². The van der Waals surface area contributed by atoms with Gasteiger partial charge in [-0.2, -0.15) is 13.8 Å². The molecule has 0 amide bonds. The molecule has 0 fully saturated rings. The average Bonchev–Trinajstić information content (AvgIpc) is 2.17. The molecule has 0 aliphatic rings. The number of halogens is 3. The van der Waals surface area contributed by atoms with Gasteiger partial charge in [0.1, 0.15) is 5.82 Å². The van der Waals surface area contributed by atoms with E-state index in [4.69, 9.17) is 0 Å². The second-order valence-electron chi connectivity index (χ2n) is 2.98. The van der Waals surface area contributed by atoms with Gasteiger partial charge >= 0.3 is 0 Å². The first kappa shape index (κ1) is 9.71. The van der Waals surface area contributed by atoms with E-state index in [0.29, 0.717) is 5.56 Å². The smallest absolute Gasteiger partial charge is 0.207 e. The van der Waals surface area contributed by atoms with Gasteiger partial charge in [-0.3, -0.25) is 0 Å². The molecule has 2 rings (SSSR count). The summed E-state index contributed by atoms with van der Waals surface area (Å²) in [6.45, 7) is 0. The van der Waals surface area contributed by atoms with E-state index in [1.54, 1.807) is 0 Å². The molecule has 15 heavy (non-hydrogen) atoms. The number of pyridine rings is 1. The number of nitrogens with zero attached hydrogens (tertiary/aromatic N) is 1. The molecule has 4 heteroatoms. The largest absolute Gasteiger partial charge is 0.223 e. The number of rotatable bonds is 1. The molecule has 0 atom stereocenters. The van der Waals surface area contributed by atoms with Gasteiger partial charge in [0.15, 0.2) is 0 Å². The fourth-order valence-electron chi connectivity index (χ4n) is 1.28. The summed E-state index contributed by atoms with van der Waals surface area (Å²) in [4.78, 5) is 3.02. The zero-order valence-corrected chi connectivity index (χ0v) is 7.55. The predicted octanol–water partition coefficient (Wildman–Crippen LogP) is 3.17. The minimum atomic E-state index is -0.944. The standard InChI is InChI=1S/C11H6F3N/c12-8-3-1-2-7(6-8)9-4-5-10(13)15-11(9)14/h1-6H. The molecule has 0 spiro atoms. The van der Waals surface area contributed by atoms with E-state index >= 15 is 0 Å². The lowest BCUT2D eigenvalue weighted by molar-refractivity contribution is 0.515. The number of aromatic nitrogens is 1. The van der Waals surface area contributed by atoms with Gasteiger partial charge in [0.2, 0.25) is 11.9 Å². The minimum Gasteiger partial charge on any atom is -0.207 e. The molecule has 2 aromatic rings. The van der Waals surface area contributed by atoms with Gasteiger partial charge in [-0.1, -0.05) is 12.1 Å². The lowest BCUT2D eigenvalue weighted by Crippen LogP contribution is -1.92. The van der Waals surface area contributed by atoms with Crippen LogP contribution in [0.3, 0.4) is 0 Å². The second kappa shape index (κ2) is 3.73. The maximum atomic E-state index is 13.2. The van der Waals surface area contributed by atoms with Crippen LogP contribution in [0.2, 0.25) is 0 Å². The highest BCUT2D eigenvalue weighted by atomic mass is 19.1. The van der Waals surface area contributed by atoms with Gasteiger partial charge in [-0.05, 0) is 29.8 Å². The van der Waals surface area contributed by atoms with Gasteiger partial charge in [-0.15, -0.1) is 0 Å². The van der Waals surface area contributed by atoms with Crippen molar-refractivity contribution in [3.8, 4) is 11.1 Å². The third-order valence-electron chi connectivity index (χ3n) is 1.95. The molecular weight excluding hydrogens is 203 g/mol. The SMILES string of the molecule is Fc1cccc(-c2ccc(F)nc2F)c1. The summed E-state index contributed by atoms with van der Waals surface area (Å²) in [5.41, 5.74) is 0.413. The molecule has 0 N–H and O–H groups in total. The van der Waals surface area contributed by atoms with Crippen LogP contribution < -0.4 is 0 Å². The Labute approximate surface area is 84.2 Å². The van der Waals surface area contributed by atoms with Crippen LogP contribution in [0, 0.1) is 17.7 Å². The van der Waals surface area contributed by atoms with E-state index < -0.39 is 17.7 Å². The van der Waals surface area contributed by atoms with Crippen molar-refractivity contribution in [3.05, 3.63) is 54.1 Å². The van der Waals surface area contributed by atoms with Gasteiger partial charge in [0.25, 0.3) is 0 Å². The van der Waals surface area contributed by atoms with Crippen LogP contribution >= 0.6 is 0 Å². The van der Waals surface area contributed by atoms with Crippen molar-refractivity contribution >= 4 is 0 Å². The van der Waals surface area contributed by atoms with Gasteiger partial charge in [0.05, 0.1) is 0 Å². The zero-order chi connectivity index (χ0) is 10.8. The first-order valence-corrected chi connectivity index (χ1v) is 4.25. The zero-order valence-electron chi connectivity index (χ0n) is 7.55. The fraction of sp³-hybridized carbons (Fsp3) is 0. The number of hydrogen-bond donors (Lipinski definition) is 0. The van der Waals surface area contributed by atoms with E-state index in [9.17, 15) is 13.2 Å². The van der Waals surface area contributed by atoms with Gasteiger partial charge in [0, 0.05) is 5.56 Å². The molecule has 0 saturated carbocycles. The predicted molar refractivity (Wildman–Crippen MR) is 49.5 cm³/mol. The highest BCUT2D eigenvalue weighted by Gasteiger charge is 2.07. The lowest BCUT2D eigenvalue weighted by Gasteiger charge is -2.02. The van der Waals surface area contributed by atoms with Crippen molar-refractivity contribution in [2.24, 2.45) is 0 Å². The molecule has 1 nitrogen and oxygen atoms in total. The Hall–Kier alpha value is -1.84. The fourth-order valence-corrected chi connectivity index (χ4v) is 1.28. The van der Waals surface area contributed by atoms with Crippen molar-refractivity contribution in [1.29, 1.82) is 0 Å². The van der Waals surface area contributed by atoms with E-state index in [1.165, 1.54) is 24.3 Å². The summed E-state index contributed by atoms with van der Waals surface area (Å²) in [6, 6.07) is 7.65. The van der Waals surface area contributed by atoms with Crippen molar-refractivity contribution in [2.45, 2.75) is 0 Å². The summed E-state index contributed by atoms with van der Waals surface area (Å²) < 4.78 is 38.6. The van der Waals surface area contributed by atoms with E-state index in [1.807, 2.05) is 0 Å². The van der Waals surface area contributed by atoms with E-state index in [-0.39, 0.29) is 5.56 Å². The highest BCUT2D eigenvalue weighted by molar-refractivity contribution is 5.62. The monoisotopic (exact) mass is 209 g/mol. The highest BCUT2D eigenvalue weighted by Crippen LogP contribution is 2.22. The quantitative estimate of drug-likeness (QED) is 0.657. The first-order valence-electron chi connectivity index (χ1n) is 4.25. The number of hydrogen-bond acceptors (Lipinski definition) is 1. The molecule has 0 bridgehead atoms. The molecule has 1 aromatic carbocycles. The Morgan fingerprint density at radius 2 is 1.73 bits per heavy atom. The van der Waals surface area contributed by atoms with Crippen molar-refractivity contribution in [2.75, 3.05) is 0 Å². The molecule has 0 radical (unpaired) electrons. The van der Waals surface area contributed by atoms with E-state index in [2.05, 4.69) is 4.98 Å². The van der Waals surface area contributed by atoms with Crippen LogP contribution in [0.5, 0.6) is 0 Å². The summed E-state index contributed by atoms with van der Waals surface area (Å²) in [6.07, 6.45) is 0. The van der Waals surface area contributed by atoms with Crippen molar-refractivity contribution in [1.82, 2.24) is 4.98 Å². The lowest BCUT2D eigenvalue weighted by atomic mass is 10.1. The van der Waals surface area contributed by atoms with Crippen LogP contribution in [0.25, 0.3) is 11.1 Å². The third kappa shape index (κ3) is 1.98. The topological polar surface area (TPSA) is 12.9 Å². The van der Waals surface area contributed by atoms with Crippen LogP contribution in [-0.2, 0) is 0 Å². The minimum absolute atomic E-state index is 0.0795. The van der Waals surface area contributed by atoms with Crippen molar-refractivity contribution in [3.63, 3.8) is 0 Å². The number of benzene rings is 1. The summed E-state index contributed by atoms with van der Waals surface area (Å²) >= 11 is 0. The molecular formula is C11H6F3N. The second-order valence-corrected chi connectivity index (χ2v) is 2.98. The molecule has 1 aromatic heterocycles. The summed E-state index contributed by atoms with van der Waals surface area (Å²) in [7, 11) is 0. The third-order valence-corrected chi connectivity index (χ3v) is 1.95. The summed E-state index contributed by atoms with van der Waals surface area (Å²) in [5.74, 6) is -2.32. The summed E-state index contributed by atoms with van der Waals surface area (Å²) in [5, 5.41) is 0. The first-order chi connectivity index (χ1) is 7.16. The Bertz CT molecular complexity index is 497. The molecule has 76 valence electrons. The Morgan fingerprint density at radius 3 is 2.40 bits per heavy atom. The molecule has 0 aliphatic carbocycles. The molecule has 0 aliphatic heterocycles. The van der Waals surface area contributed by atoms with Crippen LogP contribution in [0.15, 0.2) is 36.4 Å². The van der Waals surface area contributed by atoms with Crippen molar-refractivity contribution < 1.29 is 13.2 Å². The Kier molecular flexibility index (Phi) is 2.41. The molecule has 1 heterocycles. The normalized spacial score (nSPS) is 10.3. The maximum absolute atomic E-state index is 13.2. The Morgan fingerprint density at radius 1 is 0.933 bits per heavy atom. The van der Waals surface area contributed by atoms with Gasteiger partial charge < -0.3 is 0 Å². The van der Waals surface area contributed by atoms with E-state index in [0.717, 1.165) is 12.1 Å². The van der Waals surface area contributed by atoms with Crippen LogP contribution in [-0.4, -0.2) is 4.98 Å².